The number of hydrogen-bond donors (Lipinski definition) is 1. The predicted molar refractivity (Wildman–Crippen MR) is 130 cm³/mol. The van der Waals surface area contributed by atoms with Crippen molar-refractivity contribution in [1.29, 1.82) is 0 Å². The van der Waals surface area contributed by atoms with Gasteiger partial charge in [-0.3, -0.25) is 14.4 Å². The van der Waals surface area contributed by atoms with Crippen molar-refractivity contribution in [3.63, 3.8) is 0 Å². The molecular weight excluding hydrogens is 414 g/mol. The van der Waals surface area contributed by atoms with E-state index < -0.39 is 16.9 Å². The van der Waals surface area contributed by atoms with Gasteiger partial charge in [-0.15, -0.1) is 0 Å². The lowest BCUT2D eigenvalue weighted by Crippen LogP contribution is -2.44. The first-order chi connectivity index (χ1) is 15.5. The van der Waals surface area contributed by atoms with Gasteiger partial charge >= 0.3 is 0 Å². The molecule has 1 N–H and O–H groups in total. The average Bonchev–Trinajstić information content (AvgIpc) is 3.14. The van der Waals surface area contributed by atoms with Crippen LogP contribution in [0.25, 0.3) is 0 Å². The Morgan fingerprint density at radius 1 is 1.12 bits per heavy atom. The van der Waals surface area contributed by atoms with Crippen LogP contribution in [0.5, 0.6) is 0 Å². The van der Waals surface area contributed by atoms with Gasteiger partial charge in [-0.1, -0.05) is 65.0 Å². The Hall–Kier alpha value is -3.15. The summed E-state index contributed by atoms with van der Waals surface area (Å²) in [4.78, 5) is 43.5. The van der Waals surface area contributed by atoms with Gasteiger partial charge in [0.1, 0.15) is 5.41 Å². The van der Waals surface area contributed by atoms with Gasteiger partial charge in [0.05, 0.1) is 6.04 Å². The summed E-state index contributed by atoms with van der Waals surface area (Å²) in [6.45, 7) is 10.3. The van der Waals surface area contributed by atoms with E-state index in [1.807, 2.05) is 74.2 Å². The third kappa shape index (κ3) is 3.71. The van der Waals surface area contributed by atoms with Crippen LogP contribution in [0, 0.1) is 11.3 Å². The number of likely N-dealkylation sites (tertiary alicyclic amines) is 1. The zero-order chi connectivity index (χ0) is 24.1. The summed E-state index contributed by atoms with van der Waals surface area (Å²) in [7, 11) is 1.76. The number of amides is 3. The molecule has 6 heteroatoms. The second-order valence-corrected chi connectivity index (χ2v) is 10.7. The number of carbonyl (C=O) groups excluding carboxylic acids is 3. The van der Waals surface area contributed by atoms with Crippen LogP contribution in [0.15, 0.2) is 48.5 Å². The van der Waals surface area contributed by atoms with Crippen molar-refractivity contribution >= 4 is 29.1 Å². The van der Waals surface area contributed by atoms with E-state index in [-0.39, 0.29) is 30.1 Å². The van der Waals surface area contributed by atoms with E-state index in [1.165, 1.54) is 0 Å². The van der Waals surface area contributed by atoms with E-state index in [4.69, 9.17) is 0 Å². The van der Waals surface area contributed by atoms with Crippen molar-refractivity contribution in [2.24, 2.45) is 11.3 Å². The van der Waals surface area contributed by atoms with Gasteiger partial charge in [0, 0.05) is 36.8 Å². The van der Waals surface area contributed by atoms with Crippen LogP contribution in [0.1, 0.15) is 58.2 Å². The molecule has 2 heterocycles. The van der Waals surface area contributed by atoms with Crippen LogP contribution in [0.2, 0.25) is 0 Å². The fourth-order valence-electron chi connectivity index (χ4n) is 5.09. The minimum absolute atomic E-state index is 0.0173. The van der Waals surface area contributed by atoms with Crippen molar-refractivity contribution in [3.05, 3.63) is 59.7 Å². The Morgan fingerprint density at radius 3 is 2.39 bits per heavy atom. The van der Waals surface area contributed by atoms with E-state index in [0.717, 1.165) is 16.8 Å². The molecule has 0 bridgehead atoms. The summed E-state index contributed by atoms with van der Waals surface area (Å²) >= 11 is 0. The van der Waals surface area contributed by atoms with Crippen LogP contribution in [-0.2, 0) is 19.8 Å². The topological polar surface area (TPSA) is 69.7 Å². The van der Waals surface area contributed by atoms with E-state index >= 15 is 0 Å². The van der Waals surface area contributed by atoms with Crippen LogP contribution in [0.4, 0.5) is 11.4 Å². The molecule has 1 spiro atoms. The van der Waals surface area contributed by atoms with Gasteiger partial charge in [-0.05, 0) is 35.2 Å². The first-order valence-electron chi connectivity index (χ1n) is 11.6. The molecule has 3 amide bonds. The zero-order valence-electron chi connectivity index (χ0n) is 20.3. The Labute approximate surface area is 196 Å². The Morgan fingerprint density at radius 2 is 1.79 bits per heavy atom. The summed E-state index contributed by atoms with van der Waals surface area (Å²) in [5, 5.41) is 2.99. The van der Waals surface area contributed by atoms with Gasteiger partial charge in [-0.2, -0.15) is 0 Å². The van der Waals surface area contributed by atoms with Crippen molar-refractivity contribution in [2.45, 2.75) is 52.5 Å². The minimum Gasteiger partial charge on any atom is -0.334 e. The van der Waals surface area contributed by atoms with Crippen LogP contribution >= 0.6 is 0 Å². The predicted octanol–water partition coefficient (Wildman–Crippen LogP) is 4.52. The maximum Gasteiger partial charge on any atom is 0.240 e. The molecule has 2 aromatic carbocycles. The Kier molecular flexibility index (Phi) is 5.59. The monoisotopic (exact) mass is 447 g/mol. The highest BCUT2D eigenvalue weighted by molar-refractivity contribution is 6.12. The average molecular weight is 448 g/mol. The molecule has 1 fully saturated rings. The summed E-state index contributed by atoms with van der Waals surface area (Å²) in [6, 6.07) is 15.0. The minimum atomic E-state index is -1.03. The fourth-order valence-corrected chi connectivity index (χ4v) is 5.09. The SMILES string of the molecule is CC(C)CN1C(=O)C[C@@]2(C(=O)N(C)c3ccc(NC(=O)C(C)(C)C)cc32)C1c1ccccc1. The summed E-state index contributed by atoms with van der Waals surface area (Å²) in [5.74, 6) is 0.0701. The van der Waals surface area contributed by atoms with Gasteiger partial charge in [0.25, 0.3) is 0 Å². The first-order valence-corrected chi connectivity index (χ1v) is 11.6. The molecule has 2 aliphatic rings. The molecule has 6 nitrogen and oxygen atoms in total. The zero-order valence-corrected chi connectivity index (χ0v) is 20.3. The van der Waals surface area contributed by atoms with Gasteiger partial charge in [-0.25, -0.2) is 0 Å². The number of nitrogens with zero attached hydrogens (tertiary/aromatic N) is 2. The van der Waals surface area contributed by atoms with Crippen LogP contribution < -0.4 is 10.2 Å². The number of anilines is 2. The van der Waals surface area contributed by atoms with Crippen LogP contribution in [-0.4, -0.2) is 36.2 Å². The smallest absolute Gasteiger partial charge is 0.240 e. The number of rotatable bonds is 4. The van der Waals surface area contributed by atoms with Crippen molar-refractivity contribution in [2.75, 3.05) is 23.8 Å². The molecule has 0 aliphatic carbocycles. The lowest BCUT2D eigenvalue weighted by Gasteiger charge is -2.35. The number of carbonyl (C=O) groups is 3. The molecule has 2 atom stereocenters. The second kappa shape index (κ2) is 8.01. The quantitative estimate of drug-likeness (QED) is 0.749. The molecule has 0 radical (unpaired) electrons. The molecule has 2 aliphatic heterocycles. The van der Waals surface area contributed by atoms with Crippen LogP contribution in [0.3, 0.4) is 0 Å². The number of hydrogen-bond acceptors (Lipinski definition) is 3. The molecular formula is C27H33N3O3. The highest BCUT2D eigenvalue weighted by atomic mass is 16.2. The third-order valence-corrected chi connectivity index (χ3v) is 6.67. The highest BCUT2D eigenvalue weighted by Gasteiger charge is 2.63. The number of likely N-dealkylation sites (N-methyl/N-ethyl adjacent to an activating group) is 1. The van der Waals surface area contributed by atoms with Crippen molar-refractivity contribution < 1.29 is 14.4 Å². The molecule has 0 saturated carbocycles. The van der Waals surface area contributed by atoms with Gasteiger partial charge in [0.2, 0.25) is 17.7 Å². The molecule has 2 aromatic rings. The summed E-state index contributed by atoms with van der Waals surface area (Å²) in [5.41, 5.74) is 1.59. The lowest BCUT2D eigenvalue weighted by atomic mass is 9.72. The highest BCUT2D eigenvalue weighted by Crippen LogP contribution is 2.57. The number of nitrogens with one attached hydrogen (secondary N) is 1. The van der Waals surface area contributed by atoms with E-state index in [9.17, 15) is 14.4 Å². The third-order valence-electron chi connectivity index (χ3n) is 6.67. The summed E-state index contributed by atoms with van der Waals surface area (Å²) in [6.07, 6.45) is 0.117. The number of benzene rings is 2. The van der Waals surface area contributed by atoms with Gasteiger partial charge in [0.15, 0.2) is 0 Å². The van der Waals surface area contributed by atoms with E-state index in [0.29, 0.717) is 12.2 Å². The maximum atomic E-state index is 13.9. The Balaban J connectivity index is 1.89. The lowest BCUT2D eigenvalue weighted by molar-refractivity contribution is -0.129. The van der Waals surface area contributed by atoms with Gasteiger partial charge < -0.3 is 15.1 Å². The normalized spacial score (nSPS) is 22.5. The molecule has 33 heavy (non-hydrogen) atoms. The maximum absolute atomic E-state index is 13.9. The molecule has 1 saturated heterocycles. The van der Waals surface area contributed by atoms with Crippen molar-refractivity contribution in [1.82, 2.24) is 4.90 Å². The largest absolute Gasteiger partial charge is 0.334 e. The molecule has 174 valence electrons. The molecule has 0 aromatic heterocycles. The standard InChI is InChI=1S/C27H33N3O3/c1-17(2)16-30-22(31)15-27(23(30)18-10-8-7-9-11-18)20-14-19(28-24(32)26(3,4)5)12-13-21(20)29(6)25(27)33/h7-14,17,23H,15-16H2,1-6H3,(H,28,32)/t23?,27-/m0/s1. The van der Waals surface area contributed by atoms with Crippen molar-refractivity contribution in [3.8, 4) is 0 Å². The fraction of sp³-hybridized carbons (Fsp3) is 0.444. The van der Waals surface area contributed by atoms with E-state index in [2.05, 4.69) is 19.2 Å². The molecule has 1 unspecified atom stereocenters. The summed E-state index contributed by atoms with van der Waals surface area (Å²) < 4.78 is 0. The number of fused-ring (bicyclic) bond motifs is 2. The first kappa shape index (κ1) is 23.0. The second-order valence-electron chi connectivity index (χ2n) is 10.7. The Bertz CT molecular complexity index is 1100. The molecule has 4 rings (SSSR count). The van der Waals surface area contributed by atoms with E-state index in [1.54, 1.807) is 11.9 Å².